The van der Waals surface area contributed by atoms with Crippen molar-refractivity contribution in [2.24, 2.45) is 0 Å². The standard InChI is InChI=1S/C14H25N3O3/c1-4-6-13(14(18)20-5-2)17-10-12(16-11-17)9-15-7-8-19-3/h10-11,13,15H,4-9H2,1-3H3. The van der Waals surface area contributed by atoms with Crippen molar-refractivity contribution in [1.29, 1.82) is 0 Å². The Bertz CT molecular complexity index is 393. The van der Waals surface area contributed by atoms with Gasteiger partial charge in [0.1, 0.15) is 6.04 Å². The minimum absolute atomic E-state index is 0.189. The molecule has 1 aromatic rings. The zero-order chi connectivity index (χ0) is 14.8. The van der Waals surface area contributed by atoms with Crippen molar-refractivity contribution >= 4 is 5.97 Å². The van der Waals surface area contributed by atoms with Crippen molar-refractivity contribution in [2.75, 3.05) is 26.9 Å². The van der Waals surface area contributed by atoms with Gasteiger partial charge in [0.05, 0.1) is 25.2 Å². The summed E-state index contributed by atoms with van der Waals surface area (Å²) in [6.07, 6.45) is 5.27. The maximum Gasteiger partial charge on any atom is 0.329 e. The van der Waals surface area contributed by atoms with Crippen LogP contribution in [0.3, 0.4) is 0 Å². The molecule has 0 amide bonds. The summed E-state index contributed by atoms with van der Waals surface area (Å²) in [4.78, 5) is 16.3. The number of ether oxygens (including phenoxy) is 2. The Kier molecular flexibility index (Phi) is 7.91. The Balaban J connectivity index is 2.59. The average molecular weight is 283 g/mol. The van der Waals surface area contributed by atoms with E-state index in [4.69, 9.17) is 9.47 Å². The summed E-state index contributed by atoms with van der Waals surface area (Å²) in [5, 5.41) is 3.22. The molecule has 1 N–H and O–H groups in total. The molecule has 20 heavy (non-hydrogen) atoms. The molecule has 1 unspecified atom stereocenters. The molecule has 0 fully saturated rings. The van der Waals surface area contributed by atoms with Crippen LogP contribution in [0.2, 0.25) is 0 Å². The molecule has 0 saturated heterocycles. The second-order valence-corrected chi connectivity index (χ2v) is 4.54. The number of aromatic nitrogens is 2. The third kappa shape index (κ3) is 5.30. The van der Waals surface area contributed by atoms with Gasteiger partial charge in [0.25, 0.3) is 0 Å². The van der Waals surface area contributed by atoms with Gasteiger partial charge in [0, 0.05) is 26.4 Å². The van der Waals surface area contributed by atoms with Crippen LogP contribution in [0.4, 0.5) is 0 Å². The van der Waals surface area contributed by atoms with Gasteiger partial charge in [-0.25, -0.2) is 9.78 Å². The Hall–Kier alpha value is -1.40. The van der Waals surface area contributed by atoms with Crippen LogP contribution in [0, 0.1) is 0 Å². The fourth-order valence-electron chi connectivity index (χ4n) is 1.93. The van der Waals surface area contributed by atoms with Crippen LogP contribution in [0.15, 0.2) is 12.5 Å². The maximum absolute atomic E-state index is 11.9. The van der Waals surface area contributed by atoms with Crippen molar-refractivity contribution in [3.63, 3.8) is 0 Å². The molecule has 0 bridgehead atoms. The summed E-state index contributed by atoms with van der Waals surface area (Å²) >= 11 is 0. The highest BCUT2D eigenvalue weighted by atomic mass is 16.5. The van der Waals surface area contributed by atoms with E-state index in [1.807, 2.05) is 17.7 Å². The maximum atomic E-state index is 11.9. The smallest absolute Gasteiger partial charge is 0.329 e. The highest BCUT2D eigenvalue weighted by Crippen LogP contribution is 2.16. The lowest BCUT2D eigenvalue weighted by Crippen LogP contribution is -2.21. The quantitative estimate of drug-likeness (QED) is 0.521. The molecular weight excluding hydrogens is 258 g/mol. The normalized spacial score (nSPS) is 12.3. The van der Waals surface area contributed by atoms with Crippen LogP contribution in [0.1, 0.15) is 38.4 Å². The minimum Gasteiger partial charge on any atom is -0.464 e. The van der Waals surface area contributed by atoms with Gasteiger partial charge in [-0.05, 0) is 13.3 Å². The van der Waals surface area contributed by atoms with Crippen molar-refractivity contribution < 1.29 is 14.3 Å². The molecule has 114 valence electrons. The van der Waals surface area contributed by atoms with E-state index in [0.717, 1.165) is 25.1 Å². The lowest BCUT2D eigenvalue weighted by atomic mass is 10.1. The summed E-state index contributed by atoms with van der Waals surface area (Å²) in [7, 11) is 1.67. The molecule has 6 heteroatoms. The first kappa shape index (κ1) is 16.7. The number of rotatable bonds is 10. The average Bonchev–Trinajstić information content (AvgIpc) is 2.89. The molecule has 0 spiro atoms. The number of nitrogens with zero attached hydrogens (tertiary/aromatic N) is 2. The molecule has 0 aliphatic carbocycles. The number of hydrogen-bond donors (Lipinski definition) is 1. The summed E-state index contributed by atoms with van der Waals surface area (Å²) < 4.78 is 11.9. The number of carbonyl (C=O) groups excluding carboxylic acids is 1. The zero-order valence-corrected chi connectivity index (χ0v) is 12.6. The molecule has 0 aromatic carbocycles. The van der Waals surface area contributed by atoms with Crippen LogP contribution < -0.4 is 5.32 Å². The van der Waals surface area contributed by atoms with Gasteiger partial charge in [-0.2, -0.15) is 0 Å². The number of esters is 1. The van der Waals surface area contributed by atoms with E-state index in [2.05, 4.69) is 17.2 Å². The van der Waals surface area contributed by atoms with E-state index in [1.54, 1.807) is 13.4 Å². The SMILES string of the molecule is CCCC(C(=O)OCC)n1cnc(CNCCOC)c1. The van der Waals surface area contributed by atoms with Gasteiger partial charge in [0.15, 0.2) is 0 Å². The summed E-state index contributed by atoms with van der Waals surface area (Å²) in [6.45, 7) is 6.38. The van der Waals surface area contributed by atoms with E-state index in [0.29, 0.717) is 19.8 Å². The summed E-state index contributed by atoms with van der Waals surface area (Å²) in [5.74, 6) is -0.189. The number of imidazole rings is 1. The highest BCUT2D eigenvalue weighted by molar-refractivity contribution is 5.74. The van der Waals surface area contributed by atoms with Crippen molar-refractivity contribution in [3.8, 4) is 0 Å². The second-order valence-electron chi connectivity index (χ2n) is 4.54. The Morgan fingerprint density at radius 1 is 1.50 bits per heavy atom. The van der Waals surface area contributed by atoms with Gasteiger partial charge >= 0.3 is 5.97 Å². The number of carbonyl (C=O) groups is 1. The Morgan fingerprint density at radius 2 is 2.30 bits per heavy atom. The zero-order valence-electron chi connectivity index (χ0n) is 12.6. The predicted octanol–water partition coefficient (Wildman–Crippen LogP) is 1.52. The highest BCUT2D eigenvalue weighted by Gasteiger charge is 2.20. The lowest BCUT2D eigenvalue weighted by molar-refractivity contribution is -0.147. The third-order valence-electron chi connectivity index (χ3n) is 2.92. The van der Waals surface area contributed by atoms with Gasteiger partial charge in [-0.1, -0.05) is 13.3 Å². The third-order valence-corrected chi connectivity index (χ3v) is 2.92. The van der Waals surface area contributed by atoms with Crippen LogP contribution in [0.5, 0.6) is 0 Å². The van der Waals surface area contributed by atoms with Gasteiger partial charge in [-0.3, -0.25) is 0 Å². The first-order valence-corrected chi connectivity index (χ1v) is 7.11. The van der Waals surface area contributed by atoms with E-state index in [1.165, 1.54) is 0 Å². The molecule has 1 aromatic heterocycles. The molecule has 0 radical (unpaired) electrons. The first-order valence-electron chi connectivity index (χ1n) is 7.11. The van der Waals surface area contributed by atoms with Crippen LogP contribution in [-0.2, 0) is 20.8 Å². The van der Waals surface area contributed by atoms with E-state index in [-0.39, 0.29) is 12.0 Å². The van der Waals surface area contributed by atoms with Crippen LogP contribution >= 0.6 is 0 Å². The number of nitrogens with one attached hydrogen (secondary N) is 1. The summed E-state index contributed by atoms with van der Waals surface area (Å²) in [5.41, 5.74) is 0.909. The molecule has 0 aliphatic rings. The van der Waals surface area contributed by atoms with Crippen molar-refractivity contribution in [2.45, 2.75) is 39.3 Å². The van der Waals surface area contributed by atoms with E-state index < -0.39 is 0 Å². The molecule has 6 nitrogen and oxygen atoms in total. The lowest BCUT2D eigenvalue weighted by Gasteiger charge is -2.15. The fraction of sp³-hybridized carbons (Fsp3) is 0.714. The molecule has 1 rings (SSSR count). The van der Waals surface area contributed by atoms with Crippen molar-refractivity contribution in [3.05, 3.63) is 18.2 Å². The fourth-order valence-corrected chi connectivity index (χ4v) is 1.93. The van der Waals surface area contributed by atoms with Gasteiger partial charge < -0.3 is 19.4 Å². The summed E-state index contributed by atoms with van der Waals surface area (Å²) in [6, 6.07) is -0.278. The van der Waals surface area contributed by atoms with Crippen molar-refractivity contribution in [1.82, 2.24) is 14.9 Å². The van der Waals surface area contributed by atoms with Gasteiger partial charge in [-0.15, -0.1) is 0 Å². The van der Waals surface area contributed by atoms with Crippen LogP contribution in [0.25, 0.3) is 0 Å². The number of hydrogen-bond acceptors (Lipinski definition) is 5. The molecule has 1 heterocycles. The molecule has 0 aliphatic heterocycles. The van der Waals surface area contributed by atoms with Crippen LogP contribution in [-0.4, -0.2) is 42.4 Å². The topological polar surface area (TPSA) is 65.4 Å². The van der Waals surface area contributed by atoms with Gasteiger partial charge in [0.2, 0.25) is 0 Å². The molecule has 0 saturated carbocycles. The largest absolute Gasteiger partial charge is 0.464 e. The monoisotopic (exact) mass is 283 g/mol. The molecule has 1 atom stereocenters. The Morgan fingerprint density at radius 3 is 2.95 bits per heavy atom. The Labute approximate surface area is 120 Å². The molecular formula is C14H25N3O3. The minimum atomic E-state index is -0.278. The van der Waals surface area contributed by atoms with E-state index in [9.17, 15) is 4.79 Å². The van der Waals surface area contributed by atoms with E-state index >= 15 is 0 Å². The second kappa shape index (κ2) is 9.50. The number of methoxy groups -OCH3 is 1. The predicted molar refractivity (Wildman–Crippen MR) is 76.4 cm³/mol. The first-order chi connectivity index (χ1) is 9.72.